The molecule has 1 aliphatic heterocycles. The van der Waals surface area contributed by atoms with Gasteiger partial charge in [0.05, 0.1) is 11.0 Å². The Kier molecular flexibility index (Phi) is 6.24. The number of nitrogens with zero attached hydrogens (tertiary/aromatic N) is 4. The summed E-state index contributed by atoms with van der Waals surface area (Å²) in [6.45, 7) is 11.5. The van der Waals surface area contributed by atoms with Gasteiger partial charge in [0.1, 0.15) is 0 Å². The van der Waals surface area contributed by atoms with E-state index in [2.05, 4.69) is 37.4 Å². The Hall–Kier alpha value is -2.15. The number of amides is 1. The molecule has 170 valence electrons. The predicted octanol–water partition coefficient (Wildman–Crippen LogP) is 3.92. The van der Waals surface area contributed by atoms with Crippen molar-refractivity contribution >= 4 is 5.91 Å². The van der Waals surface area contributed by atoms with Crippen LogP contribution in [0.15, 0.2) is 10.6 Å². The molecule has 2 aliphatic rings. The number of aromatic nitrogens is 3. The maximum atomic E-state index is 13.5. The van der Waals surface area contributed by atoms with Gasteiger partial charge in [-0.2, -0.15) is 4.98 Å². The number of hydrogen-bond donors (Lipinski definition) is 0. The van der Waals surface area contributed by atoms with Gasteiger partial charge < -0.3 is 18.7 Å². The summed E-state index contributed by atoms with van der Waals surface area (Å²) in [5.74, 6) is 2.54. The summed E-state index contributed by atoms with van der Waals surface area (Å²) >= 11 is 0. The van der Waals surface area contributed by atoms with Crippen LogP contribution in [0.5, 0.6) is 0 Å². The van der Waals surface area contributed by atoms with E-state index in [-0.39, 0.29) is 11.3 Å². The molecule has 31 heavy (non-hydrogen) atoms. The summed E-state index contributed by atoms with van der Waals surface area (Å²) < 4.78 is 13.0. The summed E-state index contributed by atoms with van der Waals surface area (Å²) in [7, 11) is 1.72. The molecule has 0 spiro atoms. The number of fused-ring (bicyclic) bond motifs is 1. The van der Waals surface area contributed by atoms with Crippen LogP contribution >= 0.6 is 0 Å². The highest BCUT2D eigenvalue weighted by Gasteiger charge is 2.54. The number of likely N-dealkylation sites (tertiary alicyclic amines) is 1. The van der Waals surface area contributed by atoms with Crippen molar-refractivity contribution in [1.82, 2.24) is 19.6 Å². The number of methoxy groups -OCH3 is 1. The van der Waals surface area contributed by atoms with Gasteiger partial charge in [-0.25, -0.2) is 0 Å². The molecule has 1 amide bonds. The van der Waals surface area contributed by atoms with Crippen molar-refractivity contribution in [3.63, 3.8) is 0 Å². The number of carbonyl (C=O) groups is 1. The highest BCUT2D eigenvalue weighted by atomic mass is 16.5. The van der Waals surface area contributed by atoms with Gasteiger partial charge in [-0.1, -0.05) is 25.4 Å². The topological polar surface area (TPSA) is 73.4 Å². The summed E-state index contributed by atoms with van der Waals surface area (Å²) in [5, 5.41) is 4.39. The molecule has 0 aromatic carbocycles. The number of carbonyl (C=O) groups excluding carboxylic acids is 1. The van der Waals surface area contributed by atoms with E-state index in [1.54, 1.807) is 7.11 Å². The van der Waals surface area contributed by atoms with E-state index in [9.17, 15) is 4.79 Å². The first kappa shape index (κ1) is 22.1. The van der Waals surface area contributed by atoms with Crippen molar-refractivity contribution in [2.24, 2.45) is 11.8 Å². The molecular weight excluding hydrogens is 392 g/mol. The van der Waals surface area contributed by atoms with E-state index in [0.717, 1.165) is 80.5 Å². The van der Waals surface area contributed by atoms with Crippen LogP contribution < -0.4 is 0 Å². The molecule has 2 aromatic heterocycles. The average Bonchev–Trinajstić information content (AvgIpc) is 3.46. The minimum absolute atomic E-state index is 0.130. The highest BCUT2D eigenvalue weighted by molar-refractivity contribution is 5.96. The second-order valence-corrected chi connectivity index (χ2v) is 9.82. The van der Waals surface area contributed by atoms with Crippen LogP contribution in [0.1, 0.15) is 73.0 Å². The predicted molar refractivity (Wildman–Crippen MR) is 118 cm³/mol. The van der Waals surface area contributed by atoms with E-state index in [1.165, 1.54) is 0 Å². The molecule has 3 heterocycles. The molecule has 2 aromatic rings. The third-order valence-electron chi connectivity index (χ3n) is 7.19. The molecule has 1 aliphatic carbocycles. The largest absolute Gasteiger partial charge is 0.385 e. The highest BCUT2D eigenvalue weighted by Crippen LogP contribution is 2.49. The molecule has 7 heteroatoms. The molecule has 4 rings (SSSR count). The monoisotopic (exact) mass is 428 g/mol. The third-order valence-corrected chi connectivity index (χ3v) is 7.19. The Morgan fingerprint density at radius 3 is 2.94 bits per heavy atom. The minimum atomic E-state index is -0.154. The first-order valence-corrected chi connectivity index (χ1v) is 11.6. The van der Waals surface area contributed by atoms with Crippen molar-refractivity contribution in [3.8, 4) is 0 Å². The van der Waals surface area contributed by atoms with Crippen LogP contribution in [0, 0.1) is 25.7 Å². The first-order valence-electron chi connectivity index (χ1n) is 11.6. The van der Waals surface area contributed by atoms with Crippen molar-refractivity contribution in [2.45, 2.75) is 71.8 Å². The molecule has 1 saturated carbocycles. The van der Waals surface area contributed by atoms with Gasteiger partial charge in [0.2, 0.25) is 5.89 Å². The average molecular weight is 429 g/mol. The smallest absolute Gasteiger partial charge is 0.255 e. The quantitative estimate of drug-likeness (QED) is 0.596. The van der Waals surface area contributed by atoms with E-state index in [1.807, 2.05) is 11.0 Å². The lowest BCUT2D eigenvalue weighted by Gasteiger charge is -2.24. The molecule has 2 atom stereocenters. The molecule has 0 N–H and O–H groups in total. The molecule has 1 saturated heterocycles. The van der Waals surface area contributed by atoms with Crippen molar-refractivity contribution in [1.29, 1.82) is 0 Å². The van der Waals surface area contributed by atoms with E-state index < -0.39 is 0 Å². The summed E-state index contributed by atoms with van der Waals surface area (Å²) in [5.41, 5.74) is 2.84. The number of ether oxygens (including phenoxy) is 1. The molecule has 2 fully saturated rings. The van der Waals surface area contributed by atoms with Gasteiger partial charge >= 0.3 is 0 Å². The lowest BCUT2D eigenvalue weighted by atomic mass is 9.80. The zero-order valence-electron chi connectivity index (χ0n) is 19.6. The molecule has 0 unspecified atom stereocenters. The van der Waals surface area contributed by atoms with Crippen molar-refractivity contribution in [2.75, 3.05) is 26.8 Å². The lowest BCUT2D eigenvalue weighted by molar-refractivity contribution is 0.0776. The van der Waals surface area contributed by atoms with Crippen LogP contribution in [0.2, 0.25) is 0 Å². The van der Waals surface area contributed by atoms with Gasteiger partial charge in [0.15, 0.2) is 5.82 Å². The van der Waals surface area contributed by atoms with Gasteiger partial charge in [0, 0.05) is 51.2 Å². The molecule has 0 bridgehead atoms. The van der Waals surface area contributed by atoms with Gasteiger partial charge in [0.25, 0.3) is 5.91 Å². The molecule has 0 radical (unpaired) electrons. The number of hydrogen-bond acceptors (Lipinski definition) is 5. The maximum Gasteiger partial charge on any atom is 0.255 e. The lowest BCUT2D eigenvalue weighted by Crippen LogP contribution is -2.35. The van der Waals surface area contributed by atoms with Gasteiger partial charge in [-0.15, -0.1) is 0 Å². The van der Waals surface area contributed by atoms with Gasteiger partial charge in [-0.05, 0) is 51.0 Å². The van der Waals surface area contributed by atoms with Gasteiger partial charge in [-0.3, -0.25) is 4.79 Å². The van der Waals surface area contributed by atoms with Crippen LogP contribution in [0.3, 0.4) is 0 Å². The van der Waals surface area contributed by atoms with Crippen LogP contribution in [0.25, 0.3) is 0 Å². The number of aryl methyl sites for hydroxylation is 1. The Morgan fingerprint density at radius 1 is 1.39 bits per heavy atom. The fourth-order valence-electron chi connectivity index (χ4n) is 5.60. The third kappa shape index (κ3) is 4.04. The SMILES string of the molecule is COCCCn1c(C)cc(C(=O)N2C[C@H]3CCC[C@@]3(c3noc(CC(C)C)n3)C2)c1C. The van der Waals surface area contributed by atoms with Crippen molar-refractivity contribution in [3.05, 3.63) is 34.7 Å². The molecular formula is C24H36N4O3. The second kappa shape index (κ2) is 8.77. The van der Waals surface area contributed by atoms with Crippen LogP contribution in [-0.4, -0.2) is 52.3 Å². The zero-order chi connectivity index (χ0) is 22.2. The number of rotatable bonds is 8. The maximum absolute atomic E-state index is 13.5. The second-order valence-electron chi connectivity index (χ2n) is 9.82. The van der Waals surface area contributed by atoms with E-state index in [0.29, 0.717) is 18.4 Å². The van der Waals surface area contributed by atoms with E-state index in [4.69, 9.17) is 14.2 Å². The first-order chi connectivity index (χ1) is 14.9. The summed E-state index contributed by atoms with van der Waals surface area (Å²) in [6, 6.07) is 2.04. The zero-order valence-corrected chi connectivity index (χ0v) is 19.6. The summed E-state index contributed by atoms with van der Waals surface area (Å²) in [6.07, 6.45) is 5.04. The summed E-state index contributed by atoms with van der Waals surface area (Å²) in [4.78, 5) is 20.4. The van der Waals surface area contributed by atoms with Crippen molar-refractivity contribution < 1.29 is 14.1 Å². The Bertz CT molecular complexity index is 931. The Morgan fingerprint density at radius 2 is 2.19 bits per heavy atom. The standard InChI is InChI=1S/C24H36N4O3/c1-16(2)12-21-25-23(26-31-21)24-9-6-8-19(24)14-27(15-24)22(29)20-13-17(3)28(18(20)4)10-7-11-30-5/h13,16,19H,6-12,14-15H2,1-5H3/t19-,24-/m1/s1. The fraction of sp³-hybridized carbons (Fsp3) is 0.708. The van der Waals surface area contributed by atoms with Crippen LogP contribution in [0.4, 0.5) is 0 Å². The fourth-order valence-corrected chi connectivity index (χ4v) is 5.60. The minimum Gasteiger partial charge on any atom is -0.385 e. The normalized spacial score (nSPS) is 23.2. The Balaban J connectivity index is 1.54. The molecule has 7 nitrogen and oxygen atoms in total. The van der Waals surface area contributed by atoms with E-state index >= 15 is 0 Å². The van der Waals surface area contributed by atoms with Crippen LogP contribution in [-0.2, 0) is 23.1 Å². The Labute approximate surface area is 185 Å².